The molecule has 3 aliphatic heterocycles. The number of amides is 3. The maximum absolute atomic E-state index is 12.9. The molecule has 3 fully saturated rings. The number of nitrogens with one attached hydrogen (secondary N) is 1. The van der Waals surface area contributed by atoms with Crippen molar-refractivity contribution in [2.45, 2.75) is 50.4 Å². The minimum Gasteiger partial charge on any atom is -0.467 e. The van der Waals surface area contributed by atoms with Crippen LogP contribution < -0.4 is 5.32 Å². The Balaban J connectivity index is 1.14. The molecule has 5 rings (SSSR count). The van der Waals surface area contributed by atoms with Crippen molar-refractivity contribution in [2.24, 2.45) is 5.92 Å². The van der Waals surface area contributed by atoms with Gasteiger partial charge in [-0.1, -0.05) is 12.2 Å². The largest absolute Gasteiger partial charge is 0.467 e. The van der Waals surface area contributed by atoms with Crippen LogP contribution in [0.1, 0.15) is 31.4 Å². The number of likely N-dealkylation sites (tertiary alicyclic amines) is 2. The zero-order valence-electron chi connectivity index (χ0n) is 18.2. The van der Waals surface area contributed by atoms with Gasteiger partial charge in [-0.25, -0.2) is 4.79 Å². The standard InChI is InChI=1S/C23H30N4O5/c28-21(24-11-18-7-4-10-31-18)15-25-13-19-20(14-25)32-23(30)27(19)17-8-9-26(12-17)22(29)16-5-2-1-3-6-16/h1-2,4,7,10,16-17,19-20H,3,5-6,8-9,11-15H2,(H,24,28)/t16?,17?,19-,20+/m1/s1. The summed E-state index contributed by atoms with van der Waals surface area (Å²) in [6.07, 6.45) is 8.75. The molecule has 0 spiro atoms. The summed E-state index contributed by atoms with van der Waals surface area (Å²) in [6, 6.07) is 3.51. The van der Waals surface area contributed by atoms with Gasteiger partial charge in [-0.2, -0.15) is 0 Å². The summed E-state index contributed by atoms with van der Waals surface area (Å²) in [5, 5.41) is 2.86. The summed E-state index contributed by atoms with van der Waals surface area (Å²) in [5.74, 6) is 0.903. The third kappa shape index (κ3) is 4.26. The van der Waals surface area contributed by atoms with Gasteiger partial charge in [-0.05, 0) is 37.8 Å². The van der Waals surface area contributed by atoms with Crippen LogP contribution in [-0.4, -0.2) is 83.5 Å². The maximum atomic E-state index is 12.9. The fourth-order valence-electron chi connectivity index (χ4n) is 5.39. The zero-order valence-corrected chi connectivity index (χ0v) is 18.2. The van der Waals surface area contributed by atoms with E-state index in [-0.39, 0.29) is 48.6 Å². The number of carbonyl (C=O) groups excluding carboxylic acids is 3. The topological polar surface area (TPSA) is 95.3 Å². The van der Waals surface area contributed by atoms with E-state index in [4.69, 9.17) is 9.15 Å². The Morgan fingerprint density at radius 1 is 1.16 bits per heavy atom. The summed E-state index contributed by atoms with van der Waals surface area (Å²) in [5.41, 5.74) is 0. The summed E-state index contributed by atoms with van der Waals surface area (Å²) in [4.78, 5) is 43.6. The molecular weight excluding hydrogens is 412 g/mol. The molecule has 9 heteroatoms. The van der Waals surface area contributed by atoms with Gasteiger partial charge in [0.15, 0.2) is 0 Å². The number of nitrogens with zero attached hydrogens (tertiary/aromatic N) is 3. The van der Waals surface area contributed by atoms with Crippen LogP contribution in [0.25, 0.3) is 0 Å². The number of fused-ring (bicyclic) bond motifs is 1. The van der Waals surface area contributed by atoms with E-state index in [1.807, 2.05) is 20.8 Å². The van der Waals surface area contributed by atoms with Gasteiger partial charge in [-0.15, -0.1) is 0 Å². The molecule has 0 bridgehead atoms. The minimum absolute atomic E-state index is 0.0201. The molecule has 0 saturated carbocycles. The van der Waals surface area contributed by atoms with Crippen molar-refractivity contribution in [2.75, 3.05) is 32.7 Å². The molecular formula is C23H30N4O5. The van der Waals surface area contributed by atoms with E-state index in [1.54, 1.807) is 12.3 Å². The average molecular weight is 443 g/mol. The van der Waals surface area contributed by atoms with Gasteiger partial charge in [0.1, 0.15) is 11.9 Å². The van der Waals surface area contributed by atoms with Crippen LogP contribution in [0.3, 0.4) is 0 Å². The molecule has 4 aliphatic rings. The van der Waals surface area contributed by atoms with Gasteiger partial charge in [0.25, 0.3) is 0 Å². The van der Waals surface area contributed by atoms with Crippen LogP contribution in [0.2, 0.25) is 0 Å². The number of hydrogen-bond acceptors (Lipinski definition) is 6. The number of ether oxygens (including phenoxy) is 1. The normalized spacial score (nSPS) is 29.9. The highest BCUT2D eigenvalue weighted by Crippen LogP contribution is 2.32. The Morgan fingerprint density at radius 2 is 2.06 bits per heavy atom. The van der Waals surface area contributed by atoms with Crippen molar-refractivity contribution in [3.63, 3.8) is 0 Å². The first-order valence-electron chi connectivity index (χ1n) is 11.5. The molecule has 1 aromatic rings. The first-order valence-corrected chi connectivity index (χ1v) is 11.5. The Kier molecular flexibility index (Phi) is 5.91. The Morgan fingerprint density at radius 3 is 2.84 bits per heavy atom. The predicted molar refractivity (Wildman–Crippen MR) is 114 cm³/mol. The van der Waals surface area contributed by atoms with Crippen LogP contribution >= 0.6 is 0 Å². The van der Waals surface area contributed by atoms with Crippen molar-refractivity contribution in [1.29, 1.82) is 0 Å². The van der Waals surface area contributed by atoms with Crippen LogP contribution in [0.15, 0.2) is 35.0 Å². The molecule has 1 aromatic heterocycles. The molecule has 1 N–H and O–H groups in total. The molecule has 4 heterocycles. The molecule has 1 aliphatic carbocycles. The van der Waals surface area contributed by atoms with Gasteiger partial charge in [0, 0.05) is 32.1 Å². The second-order valence-corrected chi connectivity index (χ2v) is 9.16. The monoisotopic (exact) mass is 442 g/mol. The van der Waals surface area contributed by atoms with Crippen LogP contribution in [-0.2, 0) is 20.9 Å². The smallest absolute Gasteiger partial charge is 0.410 e. The Bertz CT molecular complexity index is 885. The molecule has 0 aromatic carbocycles. The van der Waals surface area contributed by atoms with E-state index in [1.165, 1.54) is 0 Å². The fourth-order valence-corrected chi connectivity index (χ4v) is 5.39. The molecule has 9 nitrogen and oxygen atoms in total. The van der Waals surface area contributed by atoms with Crippen LogP contribution in [0.5, 0.6) is 0 Å². The fraction of sp³-hybridized carbons (Fsp3) is 0.609. The van der Waals surface area contributed by atoms with Crippen molar-refractivity contribution in [3.05, 3.63) is 36.3 Å². The quantitative estimate of drug-likeness (QED) is 0.669. The van der Waals surface area contributed by atoms with Gasteiger partial charge < -0.3 is 19.4 Å². The van der Waals surface area contributed by atoms with Gasteiger partial charge in [-0.3, -0.25) is 19.4 Å². The van der Waals surface area contributed by atoms with Crippen molar-refractivity contribution in [1.82, 2.24) is 20.0 Å². The van der Waals surface area contributed by atoms with Gasteiger partial charge in [0.05, 0.1) is 31.4 Å². The van der Waals surface area contributed by atoms with Crippen LogP contribution in [0, 0.1) is 5.92 Å². The molecule has 172 valence electrons. The summed E-state index contributed by atoms with van der Waals surface area (Å²) >= 11 is 0. The third-order valence-electron chi connectivity index (χ3n) is 7.03. The molecule has 32 heavy (non-hydrogen) atoms. The van der Waals surface area contributed by atoms with E-state index in [9.17, 15) is 14.4 Å². The highest BCUT2D eigenvalue weighted by Gasteiger charge is 2.51. The summed E-state index contributed by atoms with van der Waals surface area (Å²) in [7, 11) is 0. The van der Waals surface area contributed by atoms with Crippen molar-refractivity contribution >= 4 is 17.9 Å². The highest BCUT2D eigenvalue weighted by molar-refractivity contribution is 5.80. The maximum Gasteiger partial charge on any atom is 0.410 e. The lowest BCUT2D eigenvalue weighted by Crippen LogP contribution is -2.47. The Labute approximate surface area is 187 Å². The van der Waals surface area contributed by atoms with E-state index >= 15 is 0 Å². The minimum atomic E-state index is -0.290. The SMILES string of the molecule is O=C(CN1C[C@@H]2OC(=O)N(C3CCN(C(=O)C4CC=CCC4)C3)[C@@H]2C1)NCc1ccco1. The van der Waals surface area contributed by atoms with E-state index in [0.29, 0.717) is 38.5 Å². The number of carbonyl (C=O) groups is 3. The van der Waals surface area contributed by atoms with E-state index in [0.717, 1.165) is 25.7 Å². The molecule has 0 radical (unpaired) electrons. The van der Waals surface area contributed by atoms with Crippen LogP contribution in [0.4, 0.5) is 4.79 Å². The predicted octanol–water partition coefficient (Wildman–Crippen LogP) is 1.36. The highest BCUT2D eigenvalue weighted by atomic mass is 16.6. The van der Waals surface area contributed by atoms with E-state index in [2.05, 4.69) is 17.5 Å². The van der Waals surface area contributed by atoms with Crippen molar-refractivity contribution < 1.29 is 23.5 Å². The molecule has 3 amide bonds. The van der Waals surface area contributed by atoms with Crippen molar-refractivity contribution in [3.8, 4) is 0 Å². The lowest BCUT2D eigenvalue weighted by molar-refractivity contribution is -0.134. The first kappa shape index (κ1) is 21.1. The number of hydrogen-bond donors (Lipinski definition) is 1. The van der Waals surface area contributed by atoms with Gasteiger partial charge >= 0.3 is 6.09 Å². The van der Waals surface area contributed by atoms with E-state index < -0.39 is 0 Å². The lowest BCUT2D eigenvalue weighted by Gasteiger charge is -2.29. The number of allylic oxidation sites excluding steroid dienone is 2. The summed E-state index contributed by atoms with van der Waals surface area (Å²) in [6.45, 7) is 3.01. The third-order valence-corrected chi connectivity index (χ3v) is 7.03. The second-order valence-electron chi connectivity index (χ2n) is 9.16. The second kappa shape index (κ2) is 8.97. The lowest BCUT2D eigenvalue weighted by atomic mass is 9.93. The Hall–Kier alpha value is -2.81. The first-order chi connectivity index (χ1) is 15.6. The number of rotatable bonds is 6. The summed E-state index contributed by atoms with van der Waals surface area (Å²) < 4.78 is 10.9. The van der Waals surface area contributed by atoms with Gasteiger partial charge in [0.2, 0.25) is 11.8 Å². The molecule has 3 saturated heterocycles. The molecule has 4 atom stereocenters. The number of furan rings is 1. The zero-order chi connectivity index (χ0) is 22.1. The average Bonchev–Trinajstić information content (AvgIpc) is 3.57. The molecule has 2 unspecified atom stereocenters.